The smallest absolute Gasteiger partial charge is 0.358 e. The molecule has 88 valence electrons. The molecule has 16 heavy (non-hydrogen) atoms. The van der Waals surface area contributed by atoms with E-state index in [4.69, 9.17) is 5.73 Å². The Morgan fingerprint density at radius 3 is 2.69 bits per heavy atom. The summed E-state index contributed by atoms with van der Waals surface area (Å²) in [7, 11) is 2.66. The van der Waals surface area contributed by atoms with Crippen LogP contribution in [0, 0.1) is 0 Å². The van der Waals surface area contributed by atoms with Crippen LogP contribution < -0.4 is 5.73 Å². The van der Waals surface area contributed by atoms with Gasteiger partial charge in [-0.1, -0.05) is 0 Å². The van der Waals surface area contributed by atoms with E-state index in [1.165, 1.54) is 24.9 Å². The number of esters is 1. The Morgan fingerprint density at radius 2 is 2.25 bits per heavy atom. The molecular formula is C9H11F2N3O2. The molecule has 1 saturated carbocycles. The first-order chi connectivity index (χ1) is 7.32. The molecule has 0 amide bonds. The maximum Gasteiger partial charge on any atom is 0.358 e. The average molecular weight is 231 g/mol. The molecule has 1 unspecified atom stereocenters. The molecular weight excluding hydrogens is 220 g/mol. The lowest BCUT2D eigenvalue weighted by Crippen LogP contribution is -2.29. The van der Waals surface area contributed by atoms with Crippen molar-refractivity contribution in [1.82, 2.24) is 9.78 Å². The zero-order valence-corrected chi connectivity index (χ0v) is 8.83. The first-order valence-electron chi connectivity index (χ1n) is 4.61. The monoisotopic (exact) mass is 231 g/mol. The van der Waals surface area contributed by atoms with E-state index in [-0.39, 0.29) is 11.4 Å². The van der Waals surface area contributed by atoms with Crippen molar-refractivity contribution in [1.29, 1.82) is 0 Å². The largest absolute Gasteiger partial charge is 0.464 e. The number of aryl methyl sites for hydroxylation is 1. The van der Waals surface area contributed by atoms with Gasteiger partial charge in [0.25, 0.3) is 5.92 Å². The van der Waals surface area contributed by atoms with E-state index < -0.39 is 23.9 Å². The molecule has 1 fully saturated rings. The number of nitrogens with zero attached hydrogens (tertiary/aromatic N) is 2. The maximum absolute atomic E-state index is 13.1. The second kappa shape index (κ2) is 3.00. The number of rotatable bonds is 2. The second-order valence-corrected chi connectivity index (χ2v) is 3.88. The highest BCUT2D eigenvalue weighted by Crippen LogP contribution is 2.57. The molecule has 0 radical (unpaired) electrons. The highest BCUT2D eigenvalue weighted by atomic mass is 19.3. The summed E-state index contributed by atoms with van der Waals surface area (Å²) in [5.41, 5.74) is 3.95. The van der Waals surface area contributed by atoms with Crippen molar-refractivity contribution in [3.8, 4) is 0 Å². The molecule has 1 aliphatic rings. The number of carbonyl (C=O) groups is 1. The summed E-state index contributed by atoms with van der Waals surface area (Å²) in [5.74, 6) is -3.61. The summed E-state index contributed by atoms with van der Waals surface area (Å²) in [4.78, 5) is 11.2. The Morgan fingerprint density at radius 1 is 1.69 bits per heavy atom. The zero-order chi connectivity index (χ0) is 12.1. The molecule has 7 heteroatoms. The van der Waals surface area contributed by atoms with Gasteiger partial charge in [0.2, 0.25) is 0 Å². The highest BCUT2D eigenvalue weighted by molar-refractivity contribution is 5.87. The van der Waals surface area contributed by atoms with Crippen LogP contribution in [0.25, 0.3) is 0 Å². The predicted molar refractivity (Wildman–Crippen MR) is 50.0 cm³/mol. The lowest BCUT2D eigenvalue weighted by atomic mass is 10.2. The minimum atomic E-state index is -2.94. The molecule has 0 saturated heterocycles. The molecule has 1 aromatic heterocycles. The second-order valence-electron chi connectivity index (χ2n) is 3.88. The van der Waals surface area contributed by atoms with Gasteiger partial charge in [-0.3, -0.25) is 4.68 Å². The van der Waals surface area contributed by atoms with E-state index in [0.717, 1.165) is 0 Å². The van der Waals surface area contributed by atoms with Gasteiger partial charge in [-0.05, 0) is 6.07 Å². The standard InChI is InChI=1S/C9H11F2N3O2/c1-14-6(8(12)4-9(8,10)11)3-5(13-14)7(15)16-2/h3H,4,12H2,1-2H3. The number of aromatic nitrogens is 2. The number of ether oxygens (including phenoxy) is 1. The molecule has 1 aliphatic carbocycles. The van der Waals surface area contributed by atoms with Crippen LogP contribution in [0.15, 0.2) is 6.07 Å². The first kappa shape index (κ1) is 11.0. The third kappa shape index (κ3) is 1.31. The van der Waals surface area contributed by atoms with Gasteiger partial charge in [-0.2, -0.15) is 5.10 Å². The Balaban J connectivity index is 2.38. The lowest BCUT2D eigenvalue weighted by Gasteiger charge is -2.09. The normalized spacial score (nSPS) is 26.6. The number of nitrogens with two attached hydrogens (primary N) is 1. The van der Waals surface area contributed by atoms with Gasteiger partial charge in [0.05, 0.1) is 12.8 Å². The van der Waals surface area contributed by atoms with E-state index in [1.54, 1.807) is 0 Å². The summed E-state index contributed by atoms with van der Waals surface area (Å²) in [6, 6.07) is 1.24. The quantitative estimate of drug-likeness (QED) is 0.748. The van der Waals surface area contributed by atoms with E-state index in [9.17, 15) is 13.6 Å². The van der Waals surface area contributed by atoms with Crippen molar-refractivity contribution >= 4 is 5.97 Å². The van der Waals surface area contributed by atoms with Crippen molar-refractivity contribution in [2.24, 2.45) is 12.8 Å². The molecule has 1 atom stereocenters. The molecule has 2 N–H and O–H groups in total. The number of hydrogen-bond donors (Lipinski definition) is 1. The zero-order valence-electron chi connectivity index (χ0n) is 8.83. The topological polar surface area (TPSA) is 70.1 Å². The van der Waals surface area contributed by atoms with Gasteiger partial charge >= 0.3 is 5.97 Å². The maximum atomic E-state index is 13.1. The minimum Gasteiger partial charge on any atom is -0.464 e. The van der Waals surface area contributed by atoms with Gasteiger partial charge in [-0.25, -0.2) is 13.6 Å². The summed E-state index contributed by atoms with van der Waals surface area (Å²) in [6.07, 6.45) is -0.430. The van der Waals surface area contributed by atoms with Crippen LogP contribution in [0.5, 0.6) is 0 Å². The van der Waals surface area contributed by atoms with E-state index in [0.29, 0.717) is 0 Å². The Labute approximate surface area is 90.2 Å². The molecule has 0 aliphatic heterocycles. The number of halogens is 2. The molecule has 2 rings (SSSR count). The van der Waals surface area contributed by atoms with Crippen molar-refractivity contribution in [2.75, 3.05) is 7.11 Å². The fourth-order valence-corrected chi connectivity index (χ4v) is 1.67. The molecule has 0 spiro atoms. The summed E-state index contributed by atoms with van der Waals surface area (Å²) in [5, 5.41) is 3.78. The van der Waals surface area contributed by atoms with E-state index >= 15 is 0 Å². The Hall–Kier alpha value is -1.50. The summed E-state index contributed by atoms with van der Waals surface area (Å²) in [6.45, 7) is 0. The van der Waals surface area contributed by atoms with Crippen LogP contribution in [-0.2, 0) is 17.3 Å². The number of hydrogen-bond acceptors (Lipinski definition) is 4. The fraction of sp³-hybridized carbons (Fsp3) is 0.556. The highest BCUT2D eigenvalue weighted by Gasteiger charge is 2.71. The van der Waals surface area contributed by atoms with Gasteiger partial charge < -0.3 is 10.5 Å². The van der Waals surface area contributed by atoms with Crippen LogP contribution >= 0.6 is 0 Å². The Kier molecular flexibility index (Phi) is 2.06. The minimum absolute atomic E-state index is 0.0208. The SMILES string of the molecule is COC(=O)c1cc(C2(N)CC2(F)F)n(C)n1. The predicted octanol–water partition coefficient (Wildman–Crippen LogP) is 0.400. The van der Waals surface area contributed by atoms with E-state index in [1.807, 2.05) is 0 Å². The molecule has 0 aromatic carbocycles. The lowest BCUT2D eigenvalue weighted by molar-refractivity contribution is 0.0593. The molecule has 1 aromatic rings. The Bertz CT molecular complexity index is 458. The van der Waals surface area contributed by atoms with Crippen molar-refractivity contribution in [2.45, 2.75) is 17.9 Å². The van der Waals surface area contributed by atoms with Crippen molar-refractivity contribution in [3.05, 3.63) is 17.5 Å². The van der Waals surface area contributed by atoms with Gasteiger partial charge in [0.1, 0.15) is 5.54 Å². The average Bonchev–Trinajstić information content (AvgIpc) is 2.59. The van der Waals surface area contributed by atoms with Crippen LogP contribution in [0.1, 0.15) is 22.6 Å². The molecule has 1 heterocycles. The third-order valence-corrected chi connectivity index (χ3v) is 2.76. The first-order valence-corrected chi connectivity index (χ1v) is 4.61. The number of methoxy groups -OCH3 is 1. The van der Waals surface area contributed by atoms with E-state index in [2.05, 4.69) is 9.84 Å². The van der Waals surface area contributed by atoms with Crippen LogP contribution in [-0.4, -0.2) is 28.8 Å². The third-order valence-electron chi connectivity index (χ3n) is 2.76. The van der Waals surface area contributed by atoms with Crippen LogP contribution in [0.3, 0.4) is 0 Å². The van der Waals surface area contributed by atoms with Crippen molar-refractivity contribution < 1.29 is 18.3 Å². The molecule has 5 nitrogen and oxygen atoms in total. The van der Waals surface area contributed by atoms with Gasteiger partial charge in [0.15, 0.2) is 5.69 Å². The number of carbonyl (C=O) groups excluding carboxylic acids is 1. The van der Waals surface area contributed by atoms with Crippen LogP contribution in [0.4, 0.5) is 8.78 Å². The molecule has 0 bridgehead atoms. The number of alkyl halides is 2. The van der Waals surface area contributed by atoms with Crippen molar-refractivity contribution in [3.63, 3.8) is 0 Å². The summed E-state index contributed by atoms with van der Waals surface area (Å²) >= 11 is 0. The summed E-state index contributed by atoms with van der Waals surface area (Å²) < 4.78 is 31.7. The van der Waals surface area contributed by atoms with Crippen LogP contribution in [0.2, 0.25) is 0 Å². The fourth-order valence-electron chi connectivity index (χ4n) is 1.67. The van der Waals surface area contributed by atoms with Gasteiger partial charge in [0, 0.05) is 13.5 Å². The van der Waals surface area contributed by atoms with Gasteiger partial charge in [-0.15, -0.1) is 0 Å².